The average Bonchev–Trinajstić information content (AvgIpc) is 3.06. The van der Waals surface area contributed by atoms with Crippen LogP contribution in [0.2, 0.25) is 0 Å². The molecule has 0 aliphatic carbocycles. The summed E-state index contributed by atoms with van der Waals surface area (Å²) in [6.07, 6.45) is -0.257. The number of amides is 1. The lowest BCUT2D eigenvalue weighted by Gasteiger charge is -2.17. The van der Waals surface area contributed by atoms with Crippen LogP contribution in [0.3, 0.4) is 0 Å². The van der Waals surface area contributed by atoms with E-state index in [9.17, 15) is 19.8 Å². The number of ether oxygens (including phenoxy) is 2. The van der Waals surface area contributed by atoms with Crippen LogP contribution in [0.25, 0.3) is 17.0 Å². The summed E-state index contributed by atoms with van der Waals surface area (Å²) in [5, 5.41) is 19.1. The first-order valence-corrected chi connectivity index (χ1v) is 8.39. The van der Waals surface area contributed by atoms with E-state index >= 15 is 0 Å². The Hall–Kier alpha value is -3.36. The molecule has 1 aliphatic rings. The van der Waals surface area contributed by atoms with Crippen molar-refractivity contribution < 1.29 is 29.3 Å². The molecule has 1 aromatic carbocycles. The SMILES string of the molecule is C=Cc1ccc2nc(OCC)nc(O[C@@H]3C[C@@H](C(=O)O)N(C(=O)O)C3)c2c1. The van der Waals surface area contributed by atoms with E-state index in [1.165, 1.54) is 0 Å². The van der Waals surface area contributed by atoms with Gasteiger partial charge in [0.15, 0.2) is 0 Å². The Labute approximate surface area is 154 Å². The highest BCUT2D eigenvalue weighted by atomic mass is 16.5. The maximum Gasteiger partial charge on any atom is 0.408 e. The van der Waals surface area contributed by atoms with Crippen LogP contribution in [0.15, 0.2) is 24.8 Å². The van der Waals surface area contributed by atoms with E-state index in [0.717, 1.165) is 10.5 Å². The van der Waals surface area contributed by atoms with Crippen molar-refractivity contribution in [2.45, 2.75) is 25.5 Å². The third kappa shape index (κ3) is 3.76. The first-order valence-electron chi connectivity index (χ1n) is 8.39. The zero-order chi connectivity index (χ0) is 19.6. The molecule has 1 aromatic heterocycles. The summed E-state index contributed by atoms with van der Waals surface area (Å²) < 4.78 is 11.3. The lowest BCUT2D eigenvalue weighted by Crippen LogP contribution is -2.39. The van der Waals surface area contributed by atoms with Gasteiger partial charge >= 0.3 is 18.1 Å². The van der Waals surface area contributed by atoms with Crippen molar-refractivity contribution >= 4 is 29.0 Å². The Bertz CT molecular complexity index is 878. The fourth-order valence-corrected chi connectivity index (χ4v) is 2.99. The highest BCUT2D eigenvalue weighted by Crippen LogP contribution is 2.30. The molecular weight excluding hydrogens is 354 g/mol. The predicted octanol–water partition coefficient (Wildman–Crippen LogP) is 2.26. The molecule has 0 saturated carbocycles. The van der Waals surface area contributed by atoms with Crippen molar-refractivity contribution in [2.75, 3.05) is 13.2 Å². The van der Waals surface area contributed by atoms with Crippen molar-refractivity contribution in [3.63, 3.8) is 0 Å². The molecule has 9 nitrogen and oxygen atoms in total. The van der Waals surface area contributed by atoms with Gasteiger partial charge in [-0.2, -0.15) is 9.97 Å². The maximum atomic E-state index is 11.3. The van der Waals surface area contributed by atoms with Gasteiger partial charge in [0, 0.05) is 6.42 Å². The molecule has 3 rings (SSSR count). The number of rotatable bonds is 6. The molecule has 0 radical (unpaired) electrons. The number of benzene rings is 1. The number of nitrogens with zero attached hydrogens (tertiary/aromatic N) is 3. The summed E-state index contributed by atoms with van der Waals surface area (Å²) in [6.45, 7) is 5.83. The number of carboxylic acids is 1. The minimum Gasteiger partial charge on any atom is -0.480 e. The number of hydrogen-bond donors (Lipinski definition) is 2. The van der Waals surface area contributed by atoms with Gasteiger partial charge in [0.2, 0.25) is 5.88 Å². The summed E-state index contributed by atoms with van der Waals surface area (Å²) in [7, 11) is 0. The predicted molar refractivity (Wildman–Crippen MR) is 96.0 cm³/mol. The standard InChI is InChI=1S/C18H19N3O6/c1-3-10-5-6-13-12(7-10)15(20-17(19-13)26-4-2)27-11-8-14(16(22)23)21(9-11)18(24)25/h3,5-7,11,14H,1,4,8-9H2,2H3,(H,22,23)(H,24,25)/t11-,14+/m1/s1. The van der Waals surface area contributed by atoms with E-state index in [4.69, 9.17) is 9.47 Å². The largest absolute Gasteiger partial charge is 0.480 e. The van der Waals surface area contributed by atoms with E-state index in [-0.39, 0.29) is 24.9 Å². The van der Waals surface area contributed by atoms with Crippen LogP contribution in [0.1, 0.15) is 18.9 Å². The highest BCUT2D eigenvalue weighted by Gasteiger charge is 2.41. The first kappa shape index (κ1) is 18.4. The lowest BCUT2D eigenvalue weighted by atomic mass is 10.1. The van der Waals surface area contributed by atoms with Gasteiger partial charge < -0.3 is 19.7 Å². The Morgan fingerprint density at radius 2 is 2.15 bits per heavy atom. The van der Waals surface area contributed by atoms with E-state index in [1.54, 1.807) is 25.1 Å². The molecule has 2 atom stereocenters. The molecule has 0 bridgehead atoms. The molecule has 2 heterocycles. The summed E-state index contributed by atoms with van der Waals surface area (Å²) in [6, 6.07) is 4.39. The molecule has 0 spiro atoms. The summed E-state index contributed by atoms with van der Waals surface area (Å²) in [4.78, 5) is 32.1. The van der Waals surface area contributed by atoms with Gasteiger partial charge in [-0.05, 0) is 24.6 Å². The molecule has 1 fully saturated rings. The van der Waals surface area contributed by atoms with E-state index in [1.807, 2.05) is 6.07 Å². The normalized spacial score (nSPS) is 19.1. The molecule has 1 saturated heterocycles. The highest BCUT2D eigenvalue weighted by molar-refractivity contribution is 5.86. The Morgan fingerprint density at radius 1 is 1.37 bits per heavy atom. The molecular formula is C18H19N3O6. The number of hydrogen-bond acceptors (Lipinski definition) is 6. The summed E-state index contributed by atoms with van der Waals surface area (Å²) >= 11 is 0. The number of aliphatic carboxylic acids is 1. The van der Waals surface area contributed by atoms with E-state index in [0.29, 0.717) is 17.5 Å². The first-order chi connectivity index (χ1) is 12.9. The summed E-state index contributed by atoms with van der Waals surface area (Å²) in [5.41, 5.74) is 1.43. The van der Waals surface area contributed by atoms with Crippen LogP contribution in [0.5, 0.6) is 11.9 Å². The number of likely N-dealkylation sites (tertiary alicyclic amines) is 1. The lowest BCUT2D eigenvalue weighted by molar-refractivity contribution is -0.141. The van der Waals surface area contributed by atoms with Crippen molar-refractivity contribution in [2.24, 2.45) is 0 Å². The Morgan fingerprint density at radius 3 is 2.74 bits per heavy atom. The smallest absolute Gasteiger partial charge is 0.408 e. The van der Waals surface area contributed by atoms with Gasteiger partial charge in [-0.3, -0.25) is 4.90 Å². The Balaban J connectivity index is 1.96. The quantitative estimate of drug-likeness (QED) is 0.791. The monoisotopic (exact) mass is 373 g/mol. The maximum absolute atomic E-state index is 11.3. The molecule has 2 N–H and O–H groups in total. The minimum atomic E-state index is -1.30. The van der Waals surface area contributed by atoms with Crippen LogP contribution < -0.4 is 9.47 Å². The molecule has 1 aliphatic heterocycles. The second kappa shape index (κ2) is 7.48. The van der Waals surface area contributed by atoms with Crippen molar-refractivity contribution in [3.8, 4) is 11.9 Å². The number of fused-ring (bicyclic) bond motifs is 1. The van der Waals surface area contributed by atoms with Crippen molar-refractivity contribution in [1.29, 1.82) is 0 Å². The Kier molecular flexibility index (Phi) is 5.11. The topological polar surface area (TPSA) is 122 Å². The second-order valence-electron chi connectivity index (χ2n) is 5.99. The van der Waals surface area contributed by atoms with Gasteiger partial charge in [0.05, 0.1) is 24.1 Å². The van der Waals surface area contributed by atoms with E-state index in [2.05, 4.69) is 16.5 Å². The van der Waals surface area contributed by atoms with Crippen molar-refractivity contribution in [1.82, 2.24) is 14.9 Å². The molecule has 1 amide bonds. The molecule has 9 heteroatoms. The van der Waals surface area contributed by atoms with Gasteiger partial charge in [-0.1, -0.05) is 18.7 Å². The average molecular weight is 373 g/mol. The zero-order valence-electron chi connectivity index (χ0n) is 14.7. The van der Waals surface area contributed by atoms with Gasteiger partial charge in [0.25, 0.3) is 0 Å². The van der Waals surface area contributed by atoms with Crippen molar-refractivity contribution in [3.05, 3.63) is 30.3 Å². The fraction of sp³-hybridized carbons (Fsp3) is 0.333. The van der Waals surface area contributed by atoms with Gasteiger partial charge in [0.1, 0.15) is 12.1 Å². The van der Waals surface area contributed by atoms with Crippen LogP contribution in [0, 0.1) is 0 Å². The third-order valence-electron chi connectivity index (χ3n) is 4.25. The number of aromatic nitrogens is 2. The van der Waals surface area contributed by atoms with E-state index < -0.39 is 24.2 Å². The fourth-order valence-electron chi connectivity index (χ4n) is 2.99. The second-order valence-corrected chi connectivity index (χ2v) is 5.99. The van der Waals surface area contributed by atoms with Crippen LogP contribution in [-0.2, 0) is 4.79 Å². The minimum absolute atomic E-state index is 0.0260. The van der Waals surface area contributed by atoms with Gasteiger partial charge in [-0.15, -0.1) is 0 Å². The van der Waals surface area contributed by atoms with Crippen LogP contribution in [-0.4, -0.2) is 62.4 Å². The van der Waals surface area contributed by atoms with Crippen LogP contribution >= 0.6 is 0 Å². The summed E-state index contributed by atoms with van der Waals surface area (Å²) in [5.74, 6) is -0.992. The van der Waals surface area contributed by atoms with Crippen LogP contribution in [0.4, 0.5) is 4.79 Å². The molecule has 0 unspecified atom stereocenters. The van der Waals surface area contributed by atoms with Gasteiger partial charge in [-0.25, -0.2) is 9.59 Å². The zero-order valence-corrected chi connectivity index (χ0v) is 14.7. The number of carboxylic acid groups (broad SMARTS) is 2. The molecule has 142 valence electrons. The number of carbonyl (C=O) groups is 2. The molecule has 27 heavy (non-hydrogen) atoms. The third-order valence-corrected chi connectivity index (χ3v) is 4.25. The molecule has 2 aromatic rings.